The molecule has 0 aliphatic carbocycles. The lowest BCUT2D eigenvalue weighted by Crippen LogP contribution is -2.65. The fourth-order valence-electron chi connectivity index (χ4n) is 4.61. The van der Waals surface area contributed by atoms with E-state index in [0.717, 1.165) is 21.5 Å². The minimum Gasteiger partial charge on any atom is -0.335 e. The molecule has 2 fully saturated rings. The molecule has 0 unspecified atom stereocenters. The fraction of sp³-hybridized carbons (Fsp3) is 0.333. The Bertz CT molecular complexity index is 1220. The average Bonchev–Trinajstić information content (AvgIpc) is 3.21. The molecule has 178 valence electrons. The highest BCUT2D eigenvalue weighted by atomic mass is 19.4. The molecule has 3 aromatic rings. The summed E-state index contributed by atoms with van der Waals surface area (Å²) in [5.74, 6) is -2.20. The van der Waals surface area contributed by atoms with Crippen LogP contribution in [0.1, 0.15) is 10.4 Å². The first-order valence-corrected chi connectivity index (χ1v) is 11.0. The Hall–Kier alpha value is -3.40. The van der Waals surface area contributed by atoms with Crippen molar-refractivity contribution in [2.45, 2.75) is 12.2 Å². The Morgan fingerprint density at radius 1 is 0.853 bits per heavy atom. The van der Waals surface area contributed by atoms with Gasteiger partial charge in [0.1, 0.15) is 5.82 Å². The maximum absolute atomic E-state index is 13.2. The molecule has 10 heteroatoms. The number of rotatable bonds is 3. The zero-order valence-electron chi connectivity index (χ0n) is 18.1. The highest BCUT2D eigenvalue weighted by molar-refractivity contribution is 5.99. The number of hydrogen-bond acceptors (Lipinski definition) is 3. The topological polar surface area (TPSA) is 48.8 Å². The van der Waals surface area contributed by atoms with Gasteiger partial charge in [-0.15, -0.1) is 0 Å². The molecular formula is C24H22F4N4O2. The third-order valence-corrected chi connectivity index (χ3v) is 6.55. The van der Waals surface area contributed by atoms with E-state index < -0.39 is 12.1 Å². The van der Waals surface area contributed by atoms with Gasteiger partial charge in [0.2, 0.25) is 0 Å². The predicted octanol–water partition coefficient (Wildman–Crippen LogP) is 3.30. The maximum Gasteiger partial charge on any atom is 0.471 e. The Balaban J connectivity index is 1.19. The highest BCUT2D eigenvalue weighted by Gasteiger charge is 2.44. The van der Waals surface area contributed by atoms with Gasteiger partial charge < -0.3 is 14.4 Å². The summed E-state index contributed by atoms with van der Waals surface area (Å²) < 4.78 is 53.0. The van der Waals surface area contributed by atoms with Gasteiger partial charge in [-0.2, -0.15) is 13.2 Å². The molecule has 0 bridgehead atoms. The van der Waals surface area contributed by atoms with Gasteiger partial charge in [-0.25, -0.2) is 4.39 Å². The summed E-state index contributed by atoms with van der Waals surface area (Å²) in [7, 11) is 0. The van der Waals surface area contributed by atoms with Gasteiger partial charge >= 0.3 is 12.1 Å². The average molecular weight is 474 g/mol. The molecule has 2 aliphatic rings. The SMILES string of the molecule is O=C(c1ccc2c(ccn2-c2ccc(F)cc2)c1)N1CC(N2CCN(C(=O)C(F)(F)F)CC2)C1. The first kappa shape index (κ1) is 22.4. The van der Waals surface area contributed by atoms with Crippen molar-refractivity contribution < 1.29 is 27.2 Å². The van der Waals surface area contributed by atoms with Gasteiger partial charge in [0.25, 0.3) is 5.91 Å². The second-order valence-electron chi connectivity index (χ2n) is 8.63. The number of halogens is 4. The van der Waals surface area contributed by atoms with Crippen LogP contribution >= 0.6 is 0 Å². The summed E-state index contributed by atoms with van der Waals surface area (Å²) >= 11 is 0. The number of nitrogens with zero attached hydrogens (tertiary/aromatic N) is 4. The van der Waals surface area contributed by atoms with Crippen LogP contribution in [0.25, 0.3) is 16.6 Å². The predicted molar refractivity (Wildman–Crippen MR) is 117 cm³/mol. The molecule has 2 aliphatic heterocycles. The van der Waals surface area contributed by atoms with Crippen LogP contribution in [0.5, 0.6) is 0 Å². The quantitative estimate of drug-likeness (QED) is 0.548. The van der Waals surface area contributed by atoms with Gasteiger partial charge in [-0.3, -0.25) is 14.5 Å². The van der Waals surface area contributed by atoms with Gasteiger partial charge in [0.05, 0.1) is 5.52 Å². The summed E-state index contributed by atoms with van der Waals surface area (Å²) in [6.07, 6.45) is -2.97. The monoisotopic (exact) mass is 474 g/mol. The number of fused-ring (bicyclic) bond motifs is 1. The molecule has 2 amide bonds. The first-order valence-electron chi connectivity index (χ1n) is 11.0. The molecule has 2 aromatic carbocycles. The first-order chi connectivity index (χ1) is 16.2. The highest BCUT2D eigenvalue weighted by Crippen LogP contribution is 2.26. The van der Waals surface area contributed by atoms with E-state index in [9.17, 15) is 27.2 Å². The smallest absolute Gasteiger partial charge is 0.335 e. The Morgan fingerprint density at radius 3 is 2.18 bits per heavy atom. The molecule has 0 radical (unpaired) electrons. The van der Waals surface area contributed by atoms with Crippen LogP contribution in [0, 0.1) is 5.82 Å². The number of likely N-dealkylation sites (tertiary alicyclic amines) is 1. The van der Waals surface area contributed by atoms with E-state index in [1.54, 1.807) is 23.1 Å². The van der Waals surface area contributed by atoms with Crippen LogP contribution in [0.2, 0.25) is 0 Å². The van der Waals surface area contributed by atoms with Gasteiger partial charge in [0, 0.05) is 68.1 Å². The maximum atomic E-state index is 13.2. The van der Waals surface area contributed by atoms with Crippen LogP contribution in [0.3, 0.4) is 0 Å². The Morgan fingerprint density at radius 2 is 1.53 bits per heavy atom. The second-order valence-corrected chi connectivity index (χ2v) is 8.63. The van der Waals surface area contributed by atoms with E-state index in [0.29, 0.717) is 31.7 Å². The number of carbonyl (C=O) groups excluding carboxylic acids is 2. The molecule has 3 heterocycles. The fourth-order valence-corrected chi connectivity index (χ4v) is 4.61. The van der Waals surface area contributed by atoms with E-state index in [2.05, 4.69) is 0 Å². The molecule has 0 spiro atoms. The lowest BCUT2D eigenvalue weighted by Gasteiger charge is -2.48. The molecule has 2 saturated heterocycles. The number of alkyl halides is 3. The van der Waals surface area contributed by atoms with Gasteiger partial charge in [0.15, 0.2) is 0 Å². The van der Waals surface area contributed by atoms with Crippen molar-refractivity contribution in [1.29, 1.82) is 0 Å². The number of benzene rings is 2. The summed E-state index contributed by atoms with van der Waals surface area (Å²) in [4.78, 5) is 28.9. The molecule has 0 N–H and O–H groups in total. The minimum atomic E-state index is -4.84. The van der Waals surface area contributed by atoms with E-state index in [1.165, 1.54) is 12.1 Å². The second kappa shape index (κ2) is 8.43. The van der Waals surface area contributed by atoms with E-state index in [4.69, 9.17) is 0 Å². The normalized spacial score (nSPS) is 17.8. The molecular weight excluding hydrogens is 452 g/mol. The van der Waals surface area contributed by atoms with Crippen LogP contribution in [0.4, 0.5) is 17.6 Å². The van der Waals surface area contributed by atoms with Crippen molar-refractivity contribution >= 4 is 22.7 Å². The van der Waals surface area contributed by atoms with Crippen molar-refractivity contribution in [2.24, 2.45) is 0 Å². The van der Waals surface area contributed by atoms with Crippen LogP contribution < -0.4 is 0 Å². The number of carbonyl (C=O) groups is 2. The van der Waals surface area contributed by atoms with Crippen molar-refractivity contribution in [2.75, 3.05) is 39.3 Å². The molecule has 34 heavy (non-hydrogen) atoms. The van der Waals surface area contributed by atoms with E-state index in [-0.39, 0.29) is 30.9 Å². The van der Waals surface area contributed by atoms with E-state index >= 15 is 0 Å². The molecule has 0 atom stereocenters. The summed E-state index contributed by atoms with van der Waals surface area (Å²) in [5, 5.41) is 0.887. The summed E-state index contributed by atoms with van der Waals surface area (Å²) in [5.41, 5.74) is 2.28. The largest absolute Gasteiger partial charge is 0.471 e. The summed E-state index contributed by atoms with van der Waals surface area (Å²) in [6.45, 7) is 1.78. The van der Waals surface area contributed by atoms with Gasteiger partial charge in [-0.1, -0.05) is 0 Å². The number of aromatic nitrogens is 1. The molecule has 5 rings (SSSR count). The van der Waals surface area contributed by atoms with Crippen LogP contribution in [-0.4, -0.2) is 82.6 Å². The molecule has 0 saturated carbocycles. The van der Waals surface area contributed by atoms with Gasteiger partial charge in [-0.05, 0) is 48.5 Å². The minimum absolute atomic E-state index is 0.0322. The lowest BCUT2D eigenvalue weighted by atomic mass is 10.0. The zero-order valence-corrected chi connectivity index (χ0v) is 18.1. The molecule has 1 aromatic heterocycles. The number of amides is 2. The Kier molecular flexibility index (Phi) is 5.55. The number of piperazine rings is 1. The Labute approximate surface area is 192 Å². The van der Waals surface area contributed by atoms with Crippen molar-refractivity contribution in [1.82, 2.24) is 19.3 Å². The van der Waals surface area contributed by atoms with Crippen molar-refractivity contribution in [3.05, 3.63) is 66.1 Å². The third-order valence-electron chi connectivity index (χ3n) is 6.55. The van der Waals surface area contributed by atoms with Crippen LogP contribution in [0.15, 0.2) is 54.7 Å². The standard InChI is InChI=1S/C24H22F4N4O2/c25-18-2-4-19(5-3-18)32-8-7-16-13-17(1-6-21(16)32)22(33)31-14-20(15-31)29-9-11-30(12-10-29)23(34)24(26,27)28/h1-8,13,20H,9-12,14-15H2. The molecule has 6 nitrogen and oxygen atoms in total. The number of hydrogen-bond donors (Lipinski definition) is 0. The van der Waals surface area contributed by atoms with Crippen LogP contribution in [-0.2, 0) is 4.79 Å². The van der Waals surface area contributed by atoms with Crippen molar-refractivity contribution in [3.8, 4) is 5.69 Å². The lowest BCUT2D eigenvalue weighted by molar-refractivity contribution is -0.187. The third kappa shape index (κ3) is 4.13. The summed E-state index contributed by atoms with van der Waals surface area (Å²) in [6, 6.07) is 13.6. The van der Waals surface area contributed by atoms with Crippen molar-refractivity contribution in [3.63, 3.8) is 0 Å². The zero-order chi connectivity index (χ0) is 24.0. The van der Waals surface area contributed by atoms with E-state index in [1.807, 2.05) is 33.9 Å².